The molecule has 0 spiro atoms. The van der Waals surface area contributed by atoms with E-state index in [2.05, 4.69) is 14.5 Å². The van der Waals surface area contributed by atoms with Gasteiger partial charge in [-0.1, -0.05) is 45.0 Å². The molecule has 0 saturated carbocycles. The Morgan fingerprint density at radius 2 is 1.89 bits per heavy atom. The molecule has 0 N–H and O–H groups in total. The number of aromatic nitrogens is 3. The van der Waals surface area contributed by atoms with Gasteiger partial charge in [0.05, 0.1) is 11.7 Å². The fraction of sp³-hybridized carbons (Fsp3) is 0.529. The number of hydrogen-bond acceptors (Lipinski definition) is 5. The topological polar surface area (TPSA) is 74.1 Å². The van der Waals surface area contributed by atoms with E-state index < -0.39 is 15.6 Å². The molecular formula is C17H22F3N3O3S. The van der Waals surface area contributed by atoms with Crippen LogP contribution in [0.5, 0.6) is 0 Å². The highest BCUT2D eigenvalue weighted by atomic mass is 32.2. The summed E-state index contributed by atoms with van der Waals surface area (Å²) in [5.41, 5.74) is -4.54. The predicted octanol–water partition coefficient (Wildman–Crippen LogP) is 4.56. The number of nitrogens with zero attached hydrogens (tertiary/aromatic N) is 3. The van der Waals surface area contributed by atoms with Gasteiger partial charge in [-0.05, 0) is 29.9 Å². The molecule has 1 heterocycles. The number of fused-ring (bicyclic) bond motifs is 1. The minimum atomic E-state index is -5.77. The van der Waals surface area contributed by atoms with Crippen LogP contribution in [0.25, 0.3) is 17.2 Å². The molecule has 0 radical (unpaired) electrons. The second-order valence-electron chi connectivity index (χ2n) is 7.68. The van der Waals surface area contributed by atoms with Gasteiger partial charge in [0.15, 0.2) is 0 Å². The zero-order valence-electron chi connectivity index (χ0n) is 15.5. The van der Waals surface area contributed by atoms with Gasteiger partial charge in [-0.15, -0.1) is 5.10 Å². The van der Waals surface area contributed by atoms with Gasteiger partial charge in [0.1, 0.15) is 11.3 Å². The first-order valence-corrected chi connectivity index (χ1v) is 9.71. The van der Waals surface area contributed by atoms with Crippen molar-refractivity contribution in [3.8, 4) is 0 Å². The molecule has 1 atom stereocenters. The van der Waals surface area contributed by atoms with E-state index in [1.807, 2.05) is 27.7 Å². The molecule has 10 heteroatoms. The summed E-state index contributed by atoms with van der Waals surface area (Å²) in [4.78, 5) is 0. The van der Waals surface area contributed by atoms with Crippen LogP contribution in [0.1, 0.15) is 40.5 Å². The van der Waals surface area contributed by atoms with Crippen LogP contribution < -0.4 is 0 Å². The second-order valence-corrected chi connectivity index (χ2v) is 9.21. The molecule has 0 fully saturated rings. The second kappa shape index (κ2) is 7.49. The summed E-state index contributed by atoms with van der Waals surface area (Å²) in [5, 5.41) is 7.74. The van der Waals surface area contributed by atoms with Crippen molar-refractivity contribution in [2.24, 2.45) is 11.3 Å². The maximum atomic E-state index is 12.8. The molecule has 150 valence electrons. The van der Waals surface area contributed by atoms with Crippen LogP contribution in [0.4, 0.5) is 13.2 Å². The van der Waals surface area contributed by atoms with Gasteiger partial charge in [0.2, 0.25) is 0 Å². The van der Waals surface area contributed by atoms with E-state index in [0.717, 1.165) is 6.20 Å². The lowest BCUT2D eigenvalue weighted by Gasteiger charge is -2.24. The number of allylic oxidation sites excluding steroid dienone is 1. The number of rotatable bonds is 6. The Hall–Kier alpha value is -2.10. The van der Waals surface area contributed by atoms with Gasteiger partial charge >= 0.3 is 15.6 Å². The Labute approximate surface area is 156 Å². The zero-order chi connectivity index (χ0) is 20.5. The first-order chi connectivity index (χ1) is 12.3. The molecular weight excluding hydrogens is 383 g/mol. The van der Waals surface area contributed by atoms with E-state index in [0.29, 0.717) is 17.5 Å². The lowest BCUT2D eigenvalue weighted by Crippen LogP contribution is -2.26. The van der Waals surface area contributed by atoms with Crippen LogP contribution >= 0.6 is 0 Å². The monoisotopic (exact) mass is 405 g/mol. The molecule has 0 saturated heterocycles. The van der Waals surface area contributed by atoms with Crippen molar-refractivity contribution in [3.05, 3.63) is 30.0 Å². The highest BCUT2D eigenvalue weighted by Gasteiger charge is 2.49. The Bertz CT molecular complexity index is 928. The van der Waals surface area contributed by atoms with Crippen molar-refractivity contribution in [3.63, 3.8) is 0 Å². The van der Waals surface area contributed by atoms with Crippen LogP contribution in [0, 0.1) is 11.3 Å². The summed E-state index contributed by atoms with van der Waals surface area (Å²) in [6.45, 7) is 7.80. The molecule has 0 aliphatic carbocycles. The van der Waals surface area contributed by atoms with Gasteiger partial charge in [0.25, 0.3) is 0 Å². The molecule has 2 rings (SSSR count). The first kappa shape index (κ1) is 21.2. The average Bonchev–Trinajstić information content (AvgIpc) is 2.87. The quantitative estimate of drug-likeness (QED) is 0.400. The number of para-hydroxylation sites is 1. The summed E-state index contributed by atoms with van der Waals surface area (Å²) in [6.07, 6.45) is 1.80. The number of hydrogen-bond donors (Lipinski definition) is 0. The Morgan fingerprint density at radius 3 is 2.48 bits per heavy atom. The van der Waals surface area contributed by atoms with Crippen LogP contribution in [0.3, 0.4) is 0 Å². The summed E-state index contributed by atoms with van der Waals surface area (Å²) in [5.74, 6) is -0.464. The number of alkyl halides is 3. The van der Waals surface area contributed by atoms with Crippen molar-refractivity contribution in [2.75, 3.05) is 0 Å². The van der Waals surface area contributed by atoms with Crippen LogP contribution in [-0.2, 0) is 14.3 Å². The molecule has 6 nitrogen and oxygen atoms in total. The molecule has 27 heavy (non-hydrogen) atoms. The fourth-order valence-corrected chi connectivity index (χ4v) is 3.36. The Balaban J connectivity index is 2.40. The molecule has 0 aliphatic rings. The van der Waals surface area contributed by atoms with Crippen molar-refractivity contribution in [1.82, 2.24) is 15.0 Å². The largest absolute Gasteiger partial charge is 0.534 e. The van der Waals surface area contributed by atoms with E-state index in [1.165, 1.54) is 4.68 Å². The van der Waals surface area contributed by atoms with E-state index in [1.54, 1.807) is 24.3 Å². The summed E-state index contributed by atoms with van der Waals surface area (Å²) in [7, 11) is -5.77. The number of halogens is 3. The van der Waals surface area contributed by atoms with Crippen molar-refractivity contribution in [1.29, 1.82) is 0 Å². The van der Waals surface area contributed by atoms with Gasteiger partial charge < -0.3 is 4.18 Å². The zero-order valence-corrected chi connectivity index (χ0v) is 16.3. The third kappa shape index (κ3) is 5.69. The highest BCUT2D eigenvalue weighted by molar-refractivity contribution is 7.87. The van der Waals surface area contributed by atoms with Crippen molar-refractivity contribution in [2.45, 2.75) is 46.0 Å². The van der Waals surface area contributed by atoms with Crippen LogP contribution in [-0.4, -0.2) is 28.9 Å². The van der Waals surface area contributed by atoms with Crippen molar-refractivity contribution < 1.29 is 25.8 Å². The summed E-state index contributed by atoms with van der Waals surface area (Å²) in [6, 6.07) is 6.80. The van der Waals surface area contributed by atoms with Gasteiger partial charge in [-0.25, -0.2) is 4.68 Å². The normalized spacial score (nSPS) is 15.1. The third-order valence-electron chi connectivity index (χ3n) is 3.65. The Morgan fingerprint density at radius 1 is 1.26 bits per heavy atom. The van der Waals surface area contributed by atoms with E-state index in [9.17, 15) is 21.6 Å². The summed E-state index contributed by atoms with van der Waals surface area (Å²) >= 11 is 0. The predicted molar refractivity (Wildman–Crippen MR) is 95.7 cm³/mol. The molecule has 0 aliphatic heterocycles. The minimum absolute atomic E-state index is 0.000761. The third-order valence-corrected chi connectivity index (χ3v) is 4.65. The van der Waals surface area contributed by atoms with Crippen molar-refractivity contribution >= 4 is 27.4 Å². The van der Waals surface area contributed by atoms with Gasteiger partial charge in [-0.3, -0.25) is 0 Å². The van der Waals surface area contributed by atoms with Gasteiger partial charge in [-0.2, -0.15) is 21.6 Å². The molecule has 1 unspecified atom stereocenters. The molecule has 1 aromatic carbocycles. The molecule has 1 aromatic heterocycles. The summed E-state index contributed by atoms with van der Waals surface area (Å²) < 4.78 is 66.9. The fourth-order valence-electron chi connectivity index (χ4n) is 2.88. The average molecular weight is 405 g/mol. The van der Waals surface area contributed by atoms with Crippen LogP contribution in [0.2, 0.25) is 0 Å². The smallest absolute Gasteiger partial charge is 0.379 e. The van der Waals surface area contributed by atoms with Crippen LogP contribution in [0.15, 0.2) is 30.0 Å². The minimum Gasteiger partial charge on any atom is -0.379 e. The lowest BCUT2D eigenvalue weighted by atomic mass is 9.84. The van der Waals surface area contributed by atoms with Gasteiger partial charge in [0, 0.05) is 6.42 Å². The SMILES string of the molecule is CC(C/C(=C/n1nnc2ccccc21)OS(=O)(=O)C(F)(F)F)CC(C)(C)C. The molecule has 0 bridgehead atoms. The highest BCUT2D eigenvalue weighted by Crippen LogP contribution is 2.32. The molecule has 0 amide bonds. The maximum absolute atomic E-state index is 12.8. The Kier molecular flexibility index (Phi) is 5.88. The lowest BCUT2D eigenvalue weighted by molar-refractivity contribution is -0.0524. The number of benzene rings is 1. The standard InChI is InChI=1S/C17H22F3N3O3S/c1-12(10-16(2,3)4)9-13(26-27(24,25)17(18,19)20)11-23-15-8-6-5-7-14(15)21-22-23/h5-8,11-12H,9-10H2,1-4H3/b13-11-. The first-order valence-electron chi connectivity index (χ1n) is 8.30. The van der Waals surface area contributed by atoms with E-state index >= 15 is 0 Å². The van der Waals surface area contributed by atoms with E-state index in [4.69, 9.17) is 0 Å². The van der Waals surface area contributed by atoms with E-state index in [-0.39, 0.29) is 23.5 Å². The maximum Gasteiger partial charge on any atom is 0.534 e. The molecule has 2 aromatic rings.